The Hall–Kier alpha value is -4.00. The van der Waals surface area contributed by atoms with Crippen LogP contribution in [0.4, 0.5) is 0 Å². The average Bonchev–Trinajstić information content (AvgIpc) is 3.49. The van der Waals surface area contributed by atoms with Gasteiger partial charge in [0, 0.05) is 28.1 Å². The highest BCUT2D eigenvalue weighted by molar-refractivity contribution is 8.00. The van der Waals surface area contributed by atoms with E-state index in [9.17, 15) is 10.1 Å². The number of nitrogens with one attached hydrogen (secondary N) is 1. The van der Waals surface area contributed by atoms with Gasteiger partial charge in [0.2, 0.25) is 5.91 Å². The first kappa shape index (κ1) is 26.1. The summed E-state index contributed by atoms with van der Waals surface area (Å²) in [6.45, 7) is 0.282. The second-order valence-electron chi connectivity index (χ2n) is 7.77. The Kier molecular flexibility index (Phi) is 8.67. The first-order valence-electron chi connectivity index (χ1n) is 11.3. The Labute approximate surface area is 224 Å². The van der Waals surface area contributed by atoms with Crippen molar-refractivity contribution in [2.24, 2.45) is 0 Å². The lowest BCUT2D eigenvalue weighted by Gasteiger charge is -2.14. The Bertz CT molecular complexity index is 1410. The molecule has 0 aliphatic heterocycles. The van der Waals surface area contributed by atoms with Crippen molar-refractivity contribution in [1.82, 2.24) is 10.3 Å². The highest BCUT2D eigenvalue weighted by Crippen LogP contribution is 2.36. The number of carbonyl (C=O) groups excluding carboxylic acids is 1. The van der Waals surface area contributed by atoms with E-state index in [1.54, 1.807) is 38.7 Å². The summed E-state index contributed by atoms with van der Waals surface area (Å²) in [5, 5.41) is 15.4. The number of carbonyl (C=O) groups is 1. The largest absolute Gasteiger partial charge is 0.497 e. The maximum atomic E-state index is 12.8. The predicted molar refractivity (Wildman–Crippen MR) is 146 cm³/mol. The molecule has 188 valence electrons. The van der Waals surface area contributed by atoms with E-state index in [2.05, 4.69) is 11.4 Å². The van der Waals surface area contributed by atoms with Gasteiger partial charge in [-0.2, -0.15) is 5.26 Å². The lowest BCUT2D eigenvalue weighted by molar-refractivity contribution is -0.118. The number of amides is 1. The summed E-state index contributed by atoms with van der Waals surface area (Å²) in [7, 11) is 4.75. The fraction of sp³-hybridized carbons (Fsp3) is 0.179. The fourth-order valence-electron chi connectivity index (χ4n) is 3.74. The van der Waals surface area contributed by atoms with Crippen LogP contribution in [-0.2, 0) is 11.3 Å². The Morgan fingerprint density at radius 2 is 1.86 bits per heavy atom. The summed E-state index contributed by atoms with van der Waals surface area (Å²) >= 11 is 2.79. The minimum absolute atomic E-state index is 0.101. The number of aromatic nitrogens is 1. The molecule has 0 aliphatic carbocycles. The average molecular weight is 532 g/mol. The predicted octanol–water partition coefficient (Wildman–Crippen LogP) is 5.78. The highest BCUT2D eigenvalue weighted by atomic mass is 32.2. The summed E-state index contributed by atoms with van der Waals surface area (Å²) in [5.41, 5.74) is 3.65. The normalized spacial score (nSPS) is 10.4. The van der Waals surface area contributed by atoms with E-state index in [0.717, 1.165) is 27.3 Å². The molecule has 4 aromatic rings. The summed E-state index contributed by atoms with van der Waals surface area (Å²) in [6, 6.07) is 21.2. The van der Waals surface area contributed by atoms with Crippen molar-refractivity contribution in [1.29, 1.82) is 5.26 Å². The minimum atomic E-state index is -0.187. The van der Waals surface area contributed by atoms with Crippen molar-refractivity contribution in [2.75, 3.05) is 27.1 Å². The van der Waals surface area contributed by atoms with Crippen LogP contribution in [-0.4, -0.2) is 38.0 Å². The van der Waals surface area contributed by atoms with Crippen LogP contribution in [0.2, 0.25) is 0 Å². The third-order valence-electron chi connectivity index (χ3n) is 5.57. The number of pyridine rings is 1. The van der Waals surface area contributed by atoms with Crippen LogP contribution in [0.15, 0.2) is 71.1 Å². The second-order valence-corrected chi connectivity index (χ2v) is 9.68. The summed E-state index contributed by atoms with van der Waals surface area (Å²) < 4.78 is 16.0. The summed E-state index contributed by atoms with van der Waals surface area (Å²) in [6.07, 6.45) is 0. The molecule has 4 rings (SSSR count). The van der Waals surface area contributed by atoms with Gasteiger partial charge in [0.25, 0.3) is 0 Å². The molecule has 0 bridgehead atoms. The molecule has 0 atom stereocenters. The number of thioether (sulfide) groups is 1. The van der Waals surface area contributed by atoms with Crippen LogP contribution >= 0.6 is 23.1 Å². The molecule has 0 fully saturated rings. The van der Waals surface area contributed by atoms with Gasteiger partial charge in [-0.05, 0) is 47.8 Å². The number of hydrogen-bond acceptors (Lipinski definition) is 8. The van der Waals surface area contributed by atoms with Crippen LogP contribution < -0.4 is 19.5 Å². The van der Waals surface area contributed by atoms with Gasteiger partial charge in [-0.1, -0.05) is 30.0 Å². The van der Waals surface area contributed by atoms with Crippen LogP contribution in [0, 0.1) is 11.3 Å². The number of rotatable bonds is 10. The van der Waals surface area contributed by atoms with Crippen molar-refractivity contribution in [3.63, 3.8) is 0 Å². The molecule has 1 N–H and O–H groups in total. The molecule has 2 aromatic carbocycles. The molecule has 2 aromatic heterocycles. The lowest BCUT2D eigenvalue weighted by Crippen LogP contribution is -2.25. The van der Waals surface area contributed by atoms with E-state index in [4.69, 9.17) is 19.2 Å². The van der Waals surface area contributed by atoms with E-state index >= 15 is 0 Å². The number of para-hydroxylation sites is 1. The Balaban J connectivity index is 1.57. The van der Waals surface area contributed by atoms with Gasteiger partial charge >= 0.3 is 0 Å². The first-order valence-corrected chi connectivity index (χ1v) is 13.2. The third-order valence-corrected chi connectivity index (χ3v) is 7.45. The van der Waals surface area contributed by atoms with Gasteiger partial charge in [-0.15, -0.1) is 11.3 Å². The number of nitrogens with zero attached hydrogens (tertiary/aromatic N) is 2. The lowest BCUT2D eigenvalue weighted by atomic mass is 10.0. The zero-order valence-electron chi connectivity index (χ0n) is 20.6. The Morgan fingerprint density at radius 1 is 1.05 bits per heavy atom. The SMILES string of the molecule is COc1ccc(-c2cc(-c3cccs3)c(C#N)c(SCC(=O)NCc3cccc(OC)c3OC)n2)cc1. The molecule has 37 heavy (non-hydrogen) atoms. The number of thiophene rings is 1. The smallest absolute Gasteiger partial charge is 0.230 e. The topological polar surface area (TPSA) is 93.5 Å². The standard InChI is InChI=1S/C28H25N3O4S2/c1-33-20-11-9-18(10-12-20)23-14-21(25-8-5-13-36-25)22(15-29)28(31-23)37-17-26(32)30-16-19-6-4-7-24(34-2)27(19)35-3/h4-14H,16-17H2,1-3H3,(H,30,32). The summed E-state index contributed by atoms with van der Waals surface area (Å²) in [5.74, 6) is 1.84. The zero-order chi connectivity index (χ0) is 26.2. The van der Waals surface area contributed by atoms with Gasteiger partial charge in [-0.25, -0.2) is 4.98 Å². The monoisotopic (exact) mass is 531 g/mol. The van der Waals surface area contributed by atoms with Crippen molar-refractivity contribution in [3.8, 4) is 45.0 Å². The molecule has 0 radical (unpaired) electrons. The zero-order valence-corrected chi connectivity index (χ0v) is 22.2. The van der Waals surface area contributed by atoms with E-state index < -0.39 is 0 Å². The third kappa shape index (κ3) is 6.05. The van der Waals surface area contributed by atoms with E-state index in [-0.39, 0.29) is 18.2 Å². The van der Waals surface area contributed by atoms with Gasteiger partial charge < -0.3 is 19.5 Å². The number of ether oxygens (including phenoxy) is 3. The molecule has 2 heterocycles. The highest BCUT2D eigenvalue weighted by Gasteiger charge is 2.18. The second kappa shape index (κ2) is 12.3. The summed E-state index contributed by atoms with van der Waals surface area (Å²) in [4.78, 5) is 18.5. The molecular weight excluding hydrogens is 506 g/mol. The maximum Gasteiger partial charge on any atom is 0.230 e. The van der Waals surface area contributed by atoms with Crippen molar-refractivity contribution < 1.29 is 19.0 Å². The van der Waals surface area contributed by atoms with E-state index in [0.29, 0.717) is 27.8 Å². The van der Waals surface area contributed by atoms with Gasteiger partial charge in [0.1, 0.15) is 16.8 Å². The molecular formula is C28H25N3O4S2. The molecule has 1 amide bonds. The number of hydrogen-bond donors (Lipinski definition) is 1. The van der Waals surface area contributed by atoms with Gasteiger partial charge in [-0.3, -0.25) is 4.79 Å². The molecule has 9 heteroatoms. The van der Waals surface area contributed by atoms with Crippen LogP contribution in [0.1, 0.15) is 11.1 Å². The van der Waals surface area contributed by atoms with Crippen molar-refractivity contribution in [3.05, 3.63) is 77.2 Å². The van der Waals surface area contributed by atoms with Gasteiger partial charge in [0.05, 0.1) is 38.3 Å². The molecule has 0 saturated carbocycles. The van der Waals surface area contributed by atoms with Crippen molar-refractivity contribution >= 4 is 29.0 Å². The van der Waals surface area contributed by atoms with Crippen molar-refractivity contribution in [2.45, 2.75) is 11.6 Å². The quantitative estimate of drug-likeness (QED) is 0.259. The van der Waals surface area contributed by atoms with Crippen LogP contribution in [0.5, 0.6) is 17.2 Å². The van der Waals surface area contributed by atoms with Crippen LogP contribution in [0.3, 0.4) is 0 Å². The molecule has 0 aliphatic rings. The maximum absolute atomic E-state index is 12.8. The van der Waals surface area contributed by atoms with Crippen LogP contribution in [0.25, 0.3) is 21.7 Å². The molecule has 0 unspecified atom stereocenters. The van der Waals surface area contributed by atoms with Gasteiger partial charge in [0.15, 0.2) is 11.5 Å². The fourth-order valence-corrected chi connectivity index (χ4v) is 5.32. The minimum Gasteiger partial charge on any atom is -0.497 e. The van der Waals surface area contributed by atoms with E-state index in [1.165, 1.54) is 11.8 Å². The Morgan fingerprint density at radius 3 is 2.51 bits per heavy atom. The molecule has 7 nitrogen and oxygen atoms in total. The molecule has 0 saturated heterocycles. The number of methoxy groups -OCH3 is 3. The first-order chi connectivity index (χ1) is 18.1. The number of benzene rings is 2. The van der Waals surface area contributed by atoms with E-state index in [1.807, 2.05) is 60.0 Å². The molecule has 0 spiro atoms. The number of nitriles is 1.